The van der Waals surface area contributed by atoms with E-state index in [0.29, 0.717) is 5.69 Å². The van der Waals surface area contributed by atoms with E-state index in [-0.39, 0.29) is 0 Å². The molecule has 1 rings (SSSR count). The molecule has 1 amide bonds. The summed E-state index contributed by atoms with van der Waals surface area (Å²) in [4.78, 5) is 18.5. The maximum atomic E-state index is 11.1. The number of aryl methyl sites for hydroxylation is 2. The first kappa shape index (κ1) is 9.71. The van der Waals surface area contributed by atoms with Gasteiger partial charge in [-0.2, -0.15) is 4.99 Å². The molecule has 0 unspecified atom stereocenters. The van der Waals surface area contributed by atoms with Gasteiger partial charge in [0, 0.05) is 5.69 Å². The number of hydrogen-bond acceptors (Lipinski definition) is 3. The quantitative estimate of drug-likeness (QED) is 0.504. The predicted octanol–water partition coefficient (Wildman–Crippen LogP) is 1.94. The summed E-state index contributed by atoms with van der Waals surface area (Å²) in [6.45, 7) is 3.77. The highest BCUT2D eigenvalue weighted by Gasteiger charge is 2.05. The van der Waals surface area contributed by atoms with Crippen molar-refractivity contribution in [1.29, 1.82) is 0 Å². The van der Waals surface area contributed by atoms with Gasteiger partial charge in [-0.3, -0.25) is 4.79 Å². The van der Waals surface area contributed by atoms with Gasteiger partial charge in [-0.05, 0) is 37.7 Å². The van der Waals surface area contributed by atoms with Gasteiger partial charge >= 0.3 is 5.91 Å². The summed E-state index contributed by atoms with van der Waals surface area (Å²) in [5.41, 5.74) is 2.17. The first-order valence-electron chi connectivity index (χ1n) is 3.71. The molecule has 1 aromatic rings. The van der Waals surface area contributed by atoms with Gasteiger partial charge in [0.2, 0.25) is 0 Å². The van der Waals surface area contributed by atoms with Crippen LogP contribution in [0.5, 0.6) is 0 Å². The van der Waals surface area contributed by atoms with Crippen molar-refractivity contribution in [3.8, 4) is 0 Å². The standard InChI is InChI=1S/C9H8N2OS/c1-6-3-4-8(11-7(6)2)9(12)10-5-13/h3-4H,1-2H3. The summed E-state index contributed by atoms with van der Waals surface area (Å²) in [5, 5.41) is 2.02. The number of amides is 1. The van der Waals surface area contributed by atoms with E-state index in [0.717, 1.165) is 11.3 Å². The lowest BCUT2D eigenvalue weighted by Gasteiger charge is -1.99. The fourth-order valence-electron chi connectivity index (χ4n) is 0.848. The Morgan fingerprint density at radius 3 is 2.77 bits per heavy atom. The van der Waals surface area contributed by atoms with Crippen LogP contribution < -0.4 is 0 Å². The smallest absolute Gasteiger partial charge is 0.264 e. The highest BCUT2D eigenvalue weighted by molar-refractivity contribution is 7.78. The summed E-state index contributed by atoms with van der Waals surface area (Å²) in [5.74, 6) is -0.446. The van der Waals surface area contributed by atoms with Gasteiger partial charge in [-0.1, -0.05) is 6.07 Å². The second-order valence-corrected chi connectivity index (χ2v) is 2.79. The van der Waals surface area contributed by atoms with Crippen molar-refractivity contribution in [2.45, 2.75) is 13.8 Å². The third-order valence-corrected chi connectivity index (χ3v) is 1.81. The fourth-order valence-corrected chi connectivity index (χ4v) is 0.931. The number of hydrogen-bond donors (Lipinski definition) is 0. The highest BCUT2D eigenvalue weighted by Crippen LogP contribution is 2.05. The SMILES string of the molecule is Cc1ccc(C(=O)N=C=S)nc1C. The van der Waals surface area contributed by atoms with Gasteiger partial charge in [0.1, 0.15) is 5.69 Å². The number of aromatic nitrogens is 1. The van der Waals surface area contributed by atoms with Crippen LogP contribution >= 0.6 is 12.2 Å². The molecule has 0 radical (unpaired) electrons. The van der Waals surface area contributed by atoms with Crippen LogP contribution in [0, 0.1) is 13.8 Å². The predicted molar refractivity (Wildman–Crippen MR) is 53.1 cm³/mol. The molecule has 0 spiro atoms. The molecule has 0 saturated heterocycles. The van der Waals surface area contributed by atoms with E-state index in [2.05, 4.69) is 22.2 Å². The van der Waals surface area contributed by atoms with Gasteiger partial charge < -0.3 is 0 Å². The first-order valence-corrected chi connectivity index (χ1v) is 4.12. The van der Waals surface area contributed by atoms with E-state index >= 15 is 0 Å². The molecule has 0 aliphatic heterocycles. The van der Waals surface area contributed by atoms with Crippen LogP contribution in [0.15, 0.2) is 17.1 Å². The Bertz CT molecular complexity index is 395. The number of carbonyl (C=O) groups excluding carboxylic acids is 1. The van der Waals surface area contributed by atoms with Crippen LogP contribution in [0.25, 0.3) is 0 Å². The first-order chi connectivity index (χ1) is 6.15. The Balaban J connectivity index is 3.10. The van der Waals surface area contributed by atoms with E-state index < -0.39 is 5.91 Å². The van der Waals surface area contributed by atoms with Crippen molar-refractivity contribution < 1.29 is 4.79 Å². The Morgan fingerprint density at radius 2 is 2.23 bits per heavy atom. The largest absolute Gasteiger partial charge is 0.304 e. The molecule has 0 atom stereocenters. The second-order valence-electron chi connectivity index (χ2n) is 2.61. The Kier molecular flexibility index (Phi) is 3.01. The number of aliphatic imine (C=N–C) groups is 1. The van der Waals surface area contributed by atoms with E-state index in [4.69, 9.17) is 0 Å². The lowest BCUT2D eigenvalue weighted by molar-refractivity contribution is 0.0999. The van der Waals surface area contributed by atoms with Crippen molar-refractivity contribution in [2.24, 2.45) is 4.99 Å². The molecule has 0 fully saturated rings. The Labute approximate surface area is 81.5 Å². The van der Waals surface area contributed by atoms with Crippen LogP contribution in [0.3, 0.4) is 0 Å². The number of pyridine rings is 1. The summed E-state index contributed by atoms with van der Waals surface area (Å²) < 4.78 is 0. The average Bonchev–Trinajstić information content (AvgIpc) is 2.10. The molecule has 0 aromatic carbocycles. The molecule has 66 valence electrons. The summed E-state index contributed by atoms with van der Waals surface area (Å²) in [7, 11) is 0. The zero-order valence-electron chi connectivity index (χ0n) is 7.37. The lowest BCUT2D eigenvalue weighted by Crippen LogP contribution is -2.00. The summed E-state index contributed by atoms with van der Waals surface area (Å²) in [6, 6.07) is 3.45. The number of thiocarbonyl (C=S) groups is 1. The molecule has 3 nitrogen and oxygen atoms in total. The monoisotopic (exact) mass is 192 g/mol. The topological polar surface area (TPSA) is 42.3 Å². The molecule has 0 bridgehead atoms. The van der Waals surface area contributed by atoms with Crippen LogP contribution in [0.4, 0.5) is 0 Å². The van der Waals surface area contributed by atoms with E-state index in [1.807, 2.05) is 25.1 Å². The zero-order valence-corrected chi connectivity index (χ0v) is 8.18. The van der Waals surface area contributed by atoms with Gasteiger partial charge in [0.15, 0.2) is 0 Å². The normalized spacial score (nSPS) is 9.08. The molecule has 0 aliphatic carbocycles. The number of rotatable bonds is 1. The minimum Gasteiger partial charge on any atom is -0.264 e. The Hall–Kier alpha value is -1.38. The third kappa shape index (κ3) is 2.28. The molecule has 1 heterocycles. The molecule has 0 N–H and O–H groups in total. The lowest BCUT2D eigenvalue weighted by atomic mass is 10.2. The number of carbonyl (C=O) groups is 1. The van der Waals surface area contributed by atoms with E-state index in [1.54, 1.807) is 6.07 Å². The van der Waals surface area contributed by atoms with Crippen molar-refractivity contribution in [2.75, 3.05) is 0 Å². The van der Waals surface area contributed by atoms with Crippen molar-refractivity contribution in [3.05, 3.63) is 29.1 Å². The number of isothiocyanates is 1. The minimum atomic E-state index is -0.446. The van der Waals surface area contributed by atoms with E-state index in [1.165, 1.54) is 0 Å². The van der Waals surface area contributed by atoms with Gasteiger partial charge in [0.25, 0.3) is 0 Å². The summed E-state index contributed by atoms with van der Waals surface area (Å²) >= 11 is 4.32. The van der Waals surface area contributed by atoms with Crippen LogP contribution in [0.2, 0.25) is 0 Å². The van der Waals surface area contributed by atoms with Crippen molar-refractivity contribution in [1.82, 2.24) is 4.98 Å². The van der Waals surface area contributed by atoms with Gasteiger partial charge in [-0.15, -0.1) is 0 Å². The maximum absolute atomic E-state index is 11.1. The molecule has 13 heavy (non-hydrogen) atoms. The molecule has 1 aromatic heterocycles. The molecular weight excluding hydrogens is 184 g/mol. The van der Waals surface area contributed by atoms with E-state index in [9.17, 15) is 4.79 Å². The maximum Gasteiger partial charge on any atom is 0.304 e. The molecule has 0 saturated carbocycles. The van der Waals surface area contributed by atoms with Gasteiger partial charge in [0.05, 0.1) is 5.16 Å². The zero-order chi connectivity index (χ0) is 9.84. The van der Waals surface area contributed by atoms with Crippen LogP contribution in [-0.4, -0.2) is 16.1 Å². The van der Waals surface area contributed by atoms with Crippen LogP contribution in [-0.2, 0) is 0 Å². The van der Waals surface area contributed by atoms with Crippen molar-refractivity contribution >= 4 is 23.3 Å². The fraction of sp³-hybridized carbons (Fsp3) is 0.222. The molecule has 0 aliphatic rings. The molecule has 4 heteroatoms. The third-order valence-electron chi connectivity index (χ3n) is 1.72. The molecular formula is C9H8N2OS. The van der Waals surface area contributed by atoms with Crippen molar-refractivity contribution in [3.63, 3.8) is 0 Å². The Morgan fingerprint density at radius 1 is 1.54 bits per heavy atom. The van der Waals surface area contributed by atoms with Crippen LogP contribution in [0.1, 0.15) is 21.7 Å². The minimum absolute atomic E-state index is 0.306. The highest BCUT2D eigenvalue weighted by atomic mass is 32.1. The second kappa shape index (κ2) is 4.03. The van der Waals surface area contributed by atoms with Gasteiger partial charge in [-0.25, -0.2) is 4.98 Å². The number of nitrogens with zero attached hydrogens (tertiary/aromatic N) is 2. The average molecular weight is 192 g/mol. The summed E-state index contributed by atoms with van der Waals surface area (Å²) in [6.07, 6.45) is 0.